The normalized spacial score (nSPS) is 21.4. The average molecular weight is 302 g/mol. The topological polar surface area (TPSA) is 59.9 Å². The van der Waals surface area contributed by atoms with E-state index < -0.39 is 0 Å². The van der Waals surface area contributed by atoms with E-state index in [2.05, 4.69) is 5.32 Å². The Morgan fingerprint density at radius 2 is 1.86 bits per heavy atom. The molecule has 1 heterocycles. The number of nitrogens with one attached hydrogen (secondary N) is 1. The van der Waals surface area contributed by atoms with Crippen molar-refractivity contribution >= 4 is 11.6 Å². The number of carbonyl (C=O) groups excluding carboxylic acids is 1. The number of benzene rings is 1. The second-order valence-electron chi connectivity index (χ2n) is 5.95. The molecule has 1 N–H and O–H groups in total. The molecule has 0 saturated heterocycles. The molecule has 118 valence electrons. The third-order valence-corrected chi connectivity index (χ3v) is 4.33. The minimum atomic E-state index is -0.357. The predicted molar refractivity (Wildman–Crippen MR) is 84.0 cm³/mol. The van der Waals surface area contributed by atoms with E-state index in [-0.39, 0.29) is 17.9 Å². The molecule has 1 aromatic rings. The van der Waals surface area contributed by atoms with Crippen LogP contribution in [0.1, 0.15) is 44.6 Å². The van der Waals surface area contributed by atoms with E-state index >= 15 is 0 Å². The summed E-state index contributed by atoms with van der Waals surface area (Å²) in [7, 11) is 1.60. The number of methoxy groups -OCH3 is 1. The van der Waals surface area contributed by atoms with E-state index in [1.807, 2.05) is 31.2 Å². The van der Waals surface area contributed by atoms with Crippen LogP contribution in [0.15, 0.2) is 29.3 Å². The van der Waals surface area contributed by atoms with Crippen molar-refractivity contribution in [2.24, 2.45) is 4.99 Å². The third-order valence-electron chi connectivity index (χ3n) is 4.33. The summed E-state index contributed by atoms with van der Waals surface area (Å²) in [6.07, 6.45) is 5.05. The molecule has 1 saturated carbocycles. The summed E-state index contributed by atoms with van der Waals surface area (Å²) < 4.78 is 10.6. The van der Waals surface area contributed by atoms with E-state index in [4.69, 9.17) is 14.5 Å². The van der Waals surface area contributed by atoms with E-state index in [0.29, 0.717) is 11.5 Å². The molecule has 1 fully saturated rings. The van der Waals surface area contributed by atoms with Gasteiger partial charge in [0.25, 0.3) is 5.91 Å². The maximum atomic E-state index is 12.3. The van der Waals surface area contributed by atoms with Crippen LogP contribution in [-0.4, -0.2) is 30.7 Å². The average Bonchev–Trinajstić information content (AvgIpc) is 2.84. The van der Waals surface area contributed by atoms with Gasteiger partial charge in [0.1, 0.15) is 17.1 Å². The highest BCUT2D eigenvalue weighted by Crippen LogP contribution is 2.33. The Kier molecular flexibility index (Phi) is 4.16. The minimum absolute atomic E-state index is 0.0687. The molecule has 1 unspecified atom stereocenters. The first-order valence-electron chi connectivity index (χ1n) is 7.84. The predicted octanol–water partition coefficient (Wildman–Crippen LogP) is 2.64. The molecule has 1 aliphatic heterocycles. The molecule has 0 radical (unpaired) electrons. The largest absolute Gasteiger partial charge is 0.465 e. The first-order valence-corrected chi connectivity index (χ1v) is 7.84. The highest BCUT2D eigenvalue weighted by atomic mass is 16.7. The van der Waals surface area contributed by atoms with Gasteiger partial charge in [0.2, 0.25) is 0 Å². The number of rotatable bonds is 4. The fourth-order valence-electron chi connectivity index (χ4n) is 3.06. The lowest BCUT2D eigenvalue weighted by Crippen LogP contribution is -2.43. The highest BCUT2D eigenvalue weighted by Gasteiger charge is 2.40. The van der Waals surface area contributed by atoms with Crippen LogP contribution in [0.25, 0.3) is 0 Å². The Morgan fingerprint density at radius 1 is 1.18 bits per heavy atom. The molecule has 22 heavy (non-hydrogen) atoms. The molecule has 0 bridgehead atoms. The molecule has 1 aromatic carbocycles. The van der Waals surface area contributed by atoms with Crippen LogP contribution in [0.5, 0.6) is 5.75 Å². The zero-order chi connectivity index (χ0) is 15.6. The lowest BCUT2D eigenvalue weighted by Gasteiger charge is -2.30. The molecular weight excluding hydrogens is 280 g/mol. The Bertz CT molecular complexity index is 574. The van der Waals surface area contributed by atoms with E-state index in [1.54, 1.807) is 7.11 Å². The highest BCUT2D eigenvalue weighted by molar-refractivity contribution is 6.46. The summed E-state index contributed by atoms with van der Waals surface area (Å²) in [5.41, 5.74) is 1.01. The van der Waals surface area contributed by atoms with Gasteiger partial charge in [-0.2, -0.15) is 0 Å². The summed E-state index contributed by atoms with van der Waals surface area (Å²) in [6, 6.07) is 7.43. The number of hydrogen-bond donors (Lipinski definition) is 1. The van der Waals surface area contributed by atoms with Crippen LogP contribution in [0.2, 0.25) is 0 Å². The summed E-state index contributed by atoms with van der Waals surface area (Å²) in [6.45, 7) is 1.83. The van der Waals surface area contributed by atoms with Gasteiger partial charge in [0, 0.05) is 12.7 Å². The molecular formula is C17H22N2O3. The number of aliphatic imine (C=N–C) groups is 1. The van der Waals surface area contributed by atoms with Crippen molar-refractivity contribution in [2.45, 2.75) is 51.0 Å². The maximum Gasteiger partial charge on any atom is 0.272 e. The SMILES string of the molecule is COC(C)Oc1ccc(C2=NC3(CCCCC3)NC2=O)cc1. The molecule has 1 aliphatic carbocycles. The van der Waals surface area contributed by atoms with Crippen molar-refractivity contribution in [1.82, 2.24) is 5.32 Å². The summed E-state index contributed by atoms with van der Waals surface area (Å²) in [5.74, 6) is 0.644. The number of amides is 1. The van der Waals surface area contributed by atoms with Gasteiger partial charge in [-0.25, -0.2) is 0 Å². The molecule has 0 aromatic heterocycles. The Morgan fingerprint density at radius 3 is 2.50 bits per heavy atom. The molecule has 1 amide bonds. The fourth-order valence-corrected chi connectivity index (χ4v) is 3.06. The smallest absolute Gasteiger partial charge is 0.272 e. The summed E-state index contributed by atoms with van der Waals surface area (Å²) >= 11 is 0. The Labute approximate surface area is 130 Å². The van der Waals surface area contributed by atoms with Gasteiger partial charge in [0.15, 0.2) is 6.29 Å². The van der Waals surface area contributed by atoms with Gasteiger partial charge in [-0.15, -0.1) is 0 Å². The fraction of sp³-hybridized carbons (Fsp3) is 0.529. The Hall–Kier alpha value is -1.88. The number of hydrogen-bond acceptors (Lipinski definition) is 4. The van der Waals surface area contributed by atoms with E-state index in [9.17, 15) is 4.79 Å². The van der Waals surface area contributed by atoms with Gasteiger partial charge in [0.05, 0.1) is 0 Å². The Balaban J connectivity index is 1.78. The van der Waals surface area contributed by atoms with Crippen LogP contribution in [0.3, 0.4) is 0 Å². The molecule has 1 atom stereocenters. The molecule has 2 aliphatic rings. The van der Waals surface area contributed by atoms with Gasteiger partial charge in [-0.1, -0.05) is 6.42 Å². The standard InChI is InChI=1S/C17H22N2O3/c1-12(21-2)22-14-8-6-13(7-9-14)15-16(20)19-17(18-15)10-4-3-5-11-17/h6-9,12H,3-5,10-11H2,1-2H3,(H,19,20). The number of nitrogens with zero attached hydrogens (tertiary/aromatic N) is 1. The maximum absolute atomic E-state index is 12.3. The van der Waals surface area contributed by atoms with Gasteiger partial charge < -0.3 is 14.8 Å². The third kappa shape index (κ3) is 2.99. The molecule has 3 rings (SSSR count). The molecule has 1 spiro atoms. The lowest BCUT2D eigenvalue weighted by molar-refractivity contribution is -0.115. The molecule has 5 nitrogen and oxygen atoms in total. The van der Waals surface area contributed by atoms with E-state index in [0.717, 1.165) is 31.2 Å². The van der Waals surface area contributed by atoms with Crippen LogP contribution in [-0.2, 0) is 9.53 Å². The second kappa shape index (κ2) is 6.08. The van der Waals surface area contributed by atoms with Gasteiger partial charge in [-0.3, -0.25) is 9.79 Å². The van der Waals surface area contributed by atoms with Crippen molar-refractivity contribution in [3.05, 3.63) is 29.8 Å². The quantitative estimate of drug-likeness (QED) is 0.870. The van der Waals surface area contributed by atoms with Crippen molar-refractivity contribution in [1.29, 1.82) is 0 Å². The van der Waals surface area contributed by atoms with Crippen LogP contribution >= 0.6 is 0 Å². The lowest BCUT2D eigenvalue weighted by atomic mass is 9.90. The van der Waals surface area contributed by atoms with Crippen LogP contribution in [0, 0.1) is 0 Å². The first kappa shape index (κ1) is 15.0. The minimum Gasteiger partial charge on any atom is -0.465 e. The van der Waals surface area contributed by atoms with Crippen LogP contribution in [0.4, 0.5) is 0 Å². The monoisotopic (exact) mass is 302 g/mol. The second-order valence-corrected chi connectivity index (χ2v) is 5.95. The van der Waals surface area contributed by atoms with Crippen molar-refractivity contribution < 1.29 is 14.3 Å². The van der Waals surface area contributed by atoms with Crippen LogP contribution < -0.4 is 10.1 Å². The van der Waals surface area contributed by atoms with Gasteiger partial charge >= 0.3 is 0 Å². The summed E-state index contributed by atoms with van der Waals surface area (Å²) in [4.78, 5) is 17.0. The van der Waals surface area contributed by atoms with Crippen molar-refractivity contribution in [2.75, 3.05) is 7.11 Å². The zero-order valence-electron chi connectivity index (χ0n) is 13.1. The molecule has 5 heteroatoms. The number of carbonyl (C=O) groups is 1. The first-order chi connectivity index (χ1) is 10.6. The van der Waals surface area contributed by atoms with E-state index in [1.165, 1.54) is 6.42 Å². The van der Waals surface area contributed by atoms with Crippen molar-refractivity contribution in [3.63, 3.8) is 0 Å². The van der Waals surface area contributed by atoms with Crippen molar-refractivity contribution in [3.8, 4) is 5.75 Å². The number of ether oxygens (including phenoxy) is 2. The zero-order valence-corrected chi connectivity index (χ0v) is 13.1. The van der Waals surface area contributed by atoms with Gasteiger partial charge in [-0.05, 0) is 56.9 Å². The summed E-state index contributed by atoms with van der Waals surface area (Å²) in [5, 5.41) is 3.08.